The first-order valence-corrected chi connectivity index (χ1v) is 8.58. The van der Waals surface area contributed by atoms with E-state index in [4.69, 9.17) is 5.11 Å². The summed E-state index contributed by atoms with van der Waals surface area (Å²) in [6.45, 7) is 2.92. The van der Waals surface area contributed by atoms with Crippen molar-refractivity contribution in [1.82, 2.24) is 4.90 Å². The highest BCUT2D eigenvalue weighted by molar-refractivity contribution is 7.98. The third-order valence-corrected chi connectivity index (χ3v) is 4.03. The van der Waals surface area contributed by atoms with E-state index in [1.807, 2.05) is 17.8 Å². The van der Waals surface area contributed by atoms with Crippen LogP contribution >= 0.6 is 11.8 Å². The lowest BCUT2D eigenvalue weighted by atomic mass is 10.1. The van der Waals surface area contributed by atoms with Crippen LogP contribution in [0.25, 0.3) is 0 Å². The van der Waals surface area contributed by atoms with Gasteiger partial charge in [0.15, 0.2) is 0 Å². The molecule has 1 aromatic rings. The number of rotatable bonds is 7. The fraction of sp³-hybridized carbons (Fsp3) is 0.529. The van der Waals surface area contributed by atoms with E-state index in [0.717, 1.165) is 17.7 Å². The van der Waals surface area contributed by atoms with E-state index in [-0.39, 0.29) is 12.4 Å². The van der Waals surface area contributed by atoms with Gasteiger partial charge in [-0.2, -0.15) is 11.8 Å². The van der Waals surface area contributed by atoms with E-state index >= 15 is 0 Å². The smallest absolute Gasteiger partial charge is 0.124 e. The normalized spacial score (nSPS) is 12.1. The number of thioether (sulfide) groups is 1. The Morgan fingerprint density at radius 2 is 2.14 bits per heavy atom. The molecule has 0 aliphatic heterocycles. The van der Waals surface area contributed by atoms with Crippen LogP contribution in [0.5, 0.6) is 0 Å². The summed E-state index contributed by atoms with van der Waals surface area (Å²) in [5.41, 5.74) is 1.61. The number of aliphatic hydroxyl groups is 1. The maximum absolute atomic E-state index is 13.7. The molecule has 4 heteroatoms. The van der Waals surface area contributed by atoms with E-state index in [9.17, 15) is 4.39 Å². The second-order valence-electron chi connectivity index (χ2n) is 5.06. The van der Waals surface area contributed by atoms with Crippen LogP contribution in [-0.4, -0.2) is 41.7 Å². The van der Waals surface area contributed by atoms with E-state index in [2.05, 4.69) is 37.0 Å². The minimum atomic E-state index is -0.257. The summed E-state index contributed by atoms with van der Waals surface area (Å²) in [4.78, 5) is 2.26. The molecule has 1 unspecified atom stereocenters. The van der Waals surface area contributed by atoms with Gasteiger partial charge in [0.1, 0.15) is 5.82 Å². The van der Waals surface area contributed by atoms with Gasteiger partial charge >= 0.3 is 0 Å². The van der Waals surface area contributed by atoms with Crippen molar-refractivity contribution >= 4 is 11.8 Å². The topological polar surface area (TPSA) is 23.5 Å². The Morgan fingerprint density at radius 3 is 2.76 bits per heavy atom. The molecular formula is C17H24FNOS. The monoisotopic (exact) mass is 309 g/mol. The number of aliphatic hydroxyl groups excluding tert-OH is 1. The van der Waals surface area contributed by atoms with Crippen LogP contribution in [0, 0.1) is 17.7 Å². The Bertz CT molecular complexity index is 495. The van der Waals surface area contributed by atoms with E-state index in [1.165, 1.54) is 6.07 Å². The molecule has 116 valence electrons. The fourth-order valence-electron chi connectivity index (χ4n) is 2.20. The summed E-state index contributed by atoms with van der Waals surface area (Å²) >= 11 is 1.83. The molecule has 0 fully saturated rings. The molecule has 0 radical (unpaired) electrons. The SMILES string of the molecule is CCC(CSC)N(C)Cc1cc(F)cc(C#CCCO)c1. The summed E-state index contributed by atoms with van der Waals surface area (Å²) in [5.74, 6) is 6.54. The van der Waals surface area contributed by atoms with Gasteiger partial charge in [0.2, 0.25) is 0 Å². The third kappa shape index (κ3) is 6.52. The van der Waals surface area contributed by atoms with E-state index in [0.29, 0.717) is 24.6 Å². The van der Waals surface area contributed by atoms with Crippen molar-refractivity contribution in [2.45, 2.75) is 32.4 Å². The molecule has 2 nitrogen and oxygen atoms in total. The average Bonchev–Trinajstić information content (AvgIpc) is 2.44. The van der Waals surface area contributed by atoms with Crippen LogP contribution in [0.4, 0.5) is 4.39 Å². The van der Waals surface area contributed by atoms with Gasteiger partial charge in [-0.05, 0) is 43.5 Å². The van der Waals surface area contributed by atoms with Gasteiger partial charge in [0, 0.05) is 30.3 Å². The van der Waals surface area contributed by atoms with Gasteiger partial charge in [0.05, 0.1) is 6.61 Å². The molecule has 0 amide bonds. The Hall–Kier alpha value is -1.02. The average molecular weight is 309 g/mol. The first-order valence-electron chi connectivity index (χ1n) is 7.19. The number of hydrogen-bond acceptors (Lipinski definition) is 3. The predicted molar refractivity (Wildman–Crippen MR) is 88.9 cm³/mol. The van der Waals surface area contributed by atoms with Gasteiger partial charge in [-0.1, -0.05) is 18.8 Å². The largest absolute Gasteiger partial charge is 0.395 e. The molecular weight excluding hydrogens is 285 g/mol. The lowest BCUT2D eigenvalue weighted by Gasteiger charge is -2.26. The number of hydrogen-bond donors (Lipinski definition) is 1. The Kier molecular flexibility index (Phi) is 8.44. The molecule has 1 aromatic carbocycles. The quantitative estimate of drug-likeness (QED) is 0.783. The Labute approximate surface area is 131 Å². The van der Waals surface area contributed by atoms with E-state index in [1.54, 1.807) is 6.07 Å². The maximum Gasteiger partial charge on any atom is 0.124 e. The van der Waals surface area contributed by atoms with Crippen LogP contribution in [0.1, 0.15) is 30.9 Å². The standard InChI is InChI=1S/C17H24FNOS/c1-4-17(13-21-3)19(2)12-15-9-14(7-5-6-8-20)10-16(18)11-15/h9-11,17,20H,4,6,8,12-13H2,1-3H3. The second-order valence-corrected chi connectivity index (χ2v) is 5.97. The molecule has 0 heterocycles. The van der Waals surface area contributed by atoms with Crippen molar-refractivity contribution in [2.75, 3.05) is 25.7 Å². The van der Waals surface area contributed by atoms with Crippen molar-refractivity contribution < 1.29 is 9.50 Å². The van der Waals surface area contributed by atoms with Crippen LogP contribution in [-0.2, 0) is 6.54 Å². The molecule has 1 N–H and O–H groups in total. The lowest BCUT2D eigenvalue weighted by molar-refractivity contribution is 0.247. The van der Waals surface area contributed by atoms with Gasteiger partial charge in [-0.25, -0.2) is 4.39 Å². The summed E-state index contributed by atoms with van der Waals surface area (Å²) in [5, 5.41) is 8.73. The van der Waals surface area contributed by atoms with Gasteiger partial charge in [0.25, 0.3) is 0 Å². The summed E-state index contributed by atoms with van der Waals surface area (Å²) in [7, 11) is 2.08. The molecule has 0 aliphatic rings. The lowest BCUT2D eigenvalue weighted by Crippen LogP contribution is -2.32. The van der Waals surface area contributed by atoms with Crippen molar-refractivity contribution in [3.63, 3.8) is 0 Å². The molecule has 0 bridgehead atoms. The van der Waals surface area contributed by atoms with Crippen LogP contribution in [0.2, 0.25) is 0 Å². The highest BCUT2D eigenvalue weighted by atomic mass is 32.2. The van der Waals surface area contributed by atoms with Gasteiger partial charge in [-0.3, -0.25) is 4.90 Å². The summed E-state index contributed by atoms with van der Waals surface area (Å²) in [6.07, 6.45) is 3.60. The van der Waals surface area contributed by atoms with Gasteiger partial charge in [-0.15, -0.1) is 0 Å². The minimum Gasteiger partial charge on any atom is -0.395 e. The third-order valence-electron chi connectivity index (χ3n) is 3.31. The highest BCUT2D eigenvalue weighted by Gasteiger charge is 2.13. The Balaban J connectivity index is 2.81. The minimum absolute atomic E-state index is 0.0325. The maximum atomic E-state index is 13.7. The summed E-state index contributed by atoms with van der Waals surface area (Å²) in [6, 6.07) is 5.43. The molecule has 1 atom stereocenters. The first-order chi connectivity index (χ1) is 10.1. The molecule has 21 heavy (non-hydrogen) atoms. The first kappa shape index (κ1) is 18.0. The Morgan fingerprint density at radius 1 is 1.38 bits per heavy atom. The number of halogens is 1. The molecule has 0 aliphatic carbocycles. The van der Waals surface area contributed by atoms with Gasteiger partial charge < -0.3 is 5.11 Å². The van der Waals surface area contributed by atoms with Crippen LogP contribution in [0.15, 0.2) is 18.2 Å². The van der Waals surface area contributed by atoms with Crippen molar-refractivity contribution in [3.05, 3.63) is 35.1 Å². The zero-order valence-corrected chi connectivity index (χ0v) is 13.8. The number of benzene rings is 1. The number of nitrogens with zero attached hydrogens (tertiary/aromatic N) is 1. The molecule has 0 spiro atoms. The van der Waals surface area contributed by atoms with Crippen LogP contribution in [0.3, 0.4) is 0 Å². The molecule has 1 rings (SSSR count). The second kappa shape index (κ2) is 9.83. The molecule has 0 saturated carbocycles. The van der Waals surface area contributed by atoms with Crippen LogP contribution < -0.4 is 0 Å². The predicted octanol–water partition coefficient (Wildman–Crippen LogP) is 3.13. The highest BCUT2D eigenvalue weighted by Crippen LogP contribution is 2.15. The molecule has 0 aromatic heterocycles. The van der Waals surface area contributed by atoms with Crippen molar-refractivity contribution in [2.24, 2.45) is 0 Å². The molecule has 0 saturated heterocycles. The van der Waals surface area contributed by atoms with Crippen molar-refractivity contribution in [3.8, 4) is 11.8 Å². The van der Waals surface area contributed by atoms with Crippen molar-refractivity contribution in [1.29, 1.82) is 0 Å². The van der Waals surface area contributed by atoms with E-state index < -0.39 is 0 Å². The fourth-order valence-corrected chi connectivity index (χ4v) is 3.08. The zero-order chi connectivity index (χ0) is 15.7. The summed E-state index contributed by atoms with van der Waals surface area (Å²) < 4.78 is 13.7. The zero-order valence-electron chi connectivity index (χ0n) is 13.0.